The number of para-hydroxylation sites is 2. The lowest BCUT2D eigenvalue weighted by molar-refractivity contribution is -0.154. The summed E-state index contributed by atoms with van der Waals surface area (Å²) in [4.78, 5) is 30.4. The van der Waals surface area contributed by atoms with Crippen molar-refractivity contribution in [3.63, 3.8) is 0 Å². The Morgan fingerprint density at radius 1 is 0.875 bits per heavy atom. The number of rotatable bonds is 7. The summed E-state index contributed by atoms with van der Waals surface area (Å²) in [5.74, 6) is -1.60. The fourth-order valence-electron chi connectivity index (χ4n) is 4.37. The number of nitrogens with zero attached hydrogens (tertiary/aromatic N) is 1. The number of hydrogen-bond acceptors (Lipinski definition) is 5. The first-order valence-electron chi connectivity index (χ1n) is 12.3. The molecule has 10 heteroatoms. The molecule has 0 bridgehead atoms. The van der Waals surface area contributed by atoms with Gasteiger partial charge in [-0.2, -0.15) is 13.2 Å². The number of fused-ring (bicyclic) bond motifs is 2. The van der Waals surface area contributed by atoms with Gasteiger partial charge in [-0.1, -0.05) is 78.0 Å². The molecular weight excluding hydrogens is 561 g/mol. The lowest BCUT2D eigenvalue weighted by Gasteiger charge is -2.32. The summed E-state index contributed by atoms with van der Waals surface area (Å²) in [6.45, 7) is 0.270. The molecule has 1 aliphatic rings. The first-order valence-corrected chi connectivity index (χ1v) is 13.5. The van der Waals surface area contributed by atoms with E-state index in [4.69, 9.17) is 16.3 Å². The van der Waals surface area contributed by atoms with Gasteiger partial charge in [-0.15, -0.1) is 0 Å². The molecule has 4 aromatic carbocycles. The van der Waals surface area contributed by atoms with E-state index in [1.165, 1.54) is 6.07 Å². The predicted molar refractivity (Wildman–Crippen MR) is 149 cm³/mol. The number of anilines is 3. The minimum atomic E-state index is -4.76. The van der Waals surface area contributed by atoms with Crippen LogP contribution in [-0.4, -0.2) is 18.4 Å². The standard InChI is InChI=1S/C30H22ClF3N2O3S/c31-20-14-15-22(21(18-20)30(32,33)34)35-29(38)28(19-8-2-1-3-9-19)39-27(37)16-17-36-23-10-4-6-12-25(23)40-26-13-7-5-11-24(26)36/h1-15,18,28H,16-17H2,(H,35,38). The smallest absolute Gasteiger partial charge is 0.418 e. The first kappa shape index (κ1) is 27.6. The monoisotopic (exact) mass is 582 g/mol. The predicted octanol–water partition coefficient (Wildman–Crippen LogP) is 8.27. The Hall–Kier alpha value is -3.95. The number of benzene rings is 4. The molecule has 5 rings (SSSR count). The lowest BCUT2D eigenvalue weighted by atomic mass is 10.1. The lowest BCUT2D eigenvalue weighted by Crippen LogP contribution is -2.29. The molecule has 0 aliphatic carbocycles. The van der Waals surface area contributed by atoms with Gasteiger partial charge >= 0.3 is 12.1 Å². The van der Waals surface area contributed by atoms with Crippen LogP contribution < -0.4 is 10.2 Å². The van der Waals surface area contributed by atoms with Crippen molar-refractivity contribution in [1.29, 1.82) is 0 Å². The van der Waals surface area contributed by atoms with Gasteiger partial charge in [-0.3, -0.25) is 9.59 Å². The molecular formula is C30H22ClF3N2O3S. The van der Waals surface area contributed by atoms with Crippen LogP contribution in [0.25, 0.3) is 0 Å². The highest BCUT2D eigenvalue weighted by molar-refractivity contribution is 7.99. The molecule has 0 fully saturated rings. The molecule has 0 radical (unpaired) electrons. The molecule has 0 spiro atoms. The third-order valence-corrected chi connectivity index (χ3v) is 7.57. The highest BCUT2D eigenvalue weighted by Gasteiger charge is 2.35. The van der Waals surface area contributed by atoms with Crippen LogP contribution in [0.5, 0.6) is 0 Å². The van der Waals surface area contributed by atoms with Crippen LogP contribution in [0.3, 0.4) is 0 Å². The highest BCUT2D eigenvalue weighted by Crippen LogP contribution is 2.47. The topological polar surface area (TPSA) is 58.6 Å². The maximum Gasteiger partial charge on any atom is 0.418 e. The fraction of sp³-hybridized carbons (Fsp3) is 0.133. The maximum atomic E-state index is 13.6. The molecule has 0 aromatic heterocycles. The molecule has 40 heavy (non-hydrogen) atoms. The Morgan fingerprint density at radius 2 is 1.48 bits per heavy atom. The van der Waals surface area contributed by atoms with Gasteiger partial charge in [0.05, 0.1) is 29.0 Å². The third kappa shape index (κ3) is 6.11. The Bertz CT molecular complexity index is 1500. The Morgan fingerprint density at radius 3 is 2.10 bits per heavy atom. The fourth-order valence-corrected chi connectivity index (χ4v) is 5.64. The molecule has 1 aliphatic heterocycles. The van der Waals surface area contributed by atoms with E-state index in [2.05, 4.69) is 5.32 Å². The zero-order chi connectivity index (χ0) is 28.3. The molecule has 1 atom stereocenters. The summed E-state index contributed by atoms with van der Waals surface area (Å²) >= 11 is 7.40. The van der Waals surface area contributed by atoms with Gasteiger partial charge in [0.15, 0.2) is 0 Å². The van der Waals surface area contributed by atoms with Crippen LogP contribution in [0.2, 0.25) is 5.02 Å². The van der Waals surface area contributed by atoms with Gasteiger partial charge in [0.1, 0.15) is 0 Å². The van der Waals surface area contributed by atoms with Crippen molar-refractivity contribution in [3.8, 4) is 0 Å². The zero-order valence-electron chi connectivity index (χ0n) is 20.8. The summed E-state index contributed by atoms with van der Waals surface area (Å²) in [7, 11) is 0. The molecule has 204 valence electrons. The number of amides is 1. The Labute approximate surface area is 237 Å². The van der Waals surface area contributed by atoms with Crippen molar-refractivity contribution in [1.82, 2.24) is 0 Å². The summed E-state index contributed by atoms with van der Waals surface area (Å²) in [6.07, 6.45) is -6.30. The van der Waals surface area contributed by atoms with E-state index in [1.54, 1.807) is 42.1 Å². The van der Waals surface area contributed by atoms with E-state index in [0.29, 0.717) is 5.56 Å². The summed E-state index contributed by atoms with van der Waals surface area (Å²) < 4.78 is 46.4. The van der Waals surface area contributed by atoms with Gasteiger partial charge in [-0.25, -0.2) is 0 Å². The second-order valence-corrected chi connectivity index (χ2v) is 10.4. The molecule has 1 amide bonds. The number of esters is 1. The average molecular weight is 583 g/mol. The molecule has 0 saturated heterocycles. The van der Waals surface area contributed by atoms with Crippen molar-refractivity contribution in [2.45, 2.75) is 28.5 Å². The molecule has 1 N–H and O–H groups in total. The zero-order valence-corrected chi connectivity index (χ0v) is 22.4. The minimum absolute atomic E-state index is 0.0707. The van der Waals surface area contributed by atoms with Crippen molar-refractivity contribution >= 4 is 52.3 Å². The van der Waals surface area contributed by atoms with E-state index < -0.39 is 35.4 Å². The molecule has 5 nitrogen and oxygen atoms in total. The van der Waals surface area contributed by atoms with Crippen molar-refractivity contribution in [2.75, 3.05) is 16.8 Å². The van der Waals surface area contributed by atoms with Gasteiger partial charge in [-0.05, 0) is 42.5 Å². The van der Waals surface area contributed by atoms with E-state index in [0.717, 1.165) is 33.3 Å². The average Bonchev–Trinajstić information content (AvgIpc) is 2.94. The van der Waals surface area contributed by atoms with Crippen molar-refractivity contribution in [2.24, 2.45) is 0 Å². The first-order chi connectivity index (χ1) is 19.2. The molecule has 1 heterocycles. The SMILES string of the molecule is O=C(CCN1c2ccccc2Sc2ccccc21)OC(C(=O)Nc1ccc(Cl)cc1C(F)(F)F)c1ccccc1. The Balaban J connectivity index is 1.35. The third-order valence-electron chi connectivity index (χ3n) is 6.21. The molecule has 4 aromatic rings. The van der Waals surface area contributed by atoms with E-state index in [1.807, 2.05) is 53.4 Å². The normalized spacial score (nSPS) is 13.2. The minimum Gasteiger partial charge on any atom is -0.447 e. The number of carbonyl (C=O) groups is 2. The van der Waals surface area contributed by atoms with Crippen LogP contribution in [0.15, 0.2) is 107 Å². The number of carbonyl (C=O) groups excluding carboxylic acids is 2. The second kappa shape index (κ2) is 11.7. The van der Waals surface area contributed by atoms with Gasteiger partial charge in [0.25, 0.3) is 5.91 Å². The van der Waals surface area contributed by atoms with Gasteiger partial charge in [0, 0.05) is 26.9 Å². The summed E-state index contributed by atoms with van der Waals surface area (Å²) in [5, 5.41) is 2.14. The quantitative estimate of drug-likeness (QED) is 0.222. The highest BCUT2D eigenvalue weighted by atomic mass is 35.5. The molecule has 0 saturated carbocycles. The van der Waals surface area contributed by atoms with Crippen LogP contribution in [0.1, 0.15) is 23.7 Å². The largest absolute Gasteiger partial charge is 0.447 e. The molecule has 1 unspecified atom stereocenters. The van der Waals surface area contributed by atoms with Crippen LogP contribution in [-0.2, 0) is 20.5 Å². The van der Waals surface area contributed by atoms with Crippen molar-refractivity contribution in [3.05, 3.63) is 113 Å². The van der Waals surface area contributed by atoms with Gasteiger partial charge < -0.3 is 15.0 Å². The van der Waals surface area contributed by atoms with Crippen LogP contribution in [0, 0.1) is 0 Å². The van der Waals surface area contributed by atoms with E-state index >= 15 is 0 Å². The number of ether oxygens (including phenoxy) is 1. The number of halogens is 4. The Kier molecular flexibility index (Phi) is 8.04. The summed E-state index contributed by atoms with van der Waals surface area (Å²) in [5.41, 5.74) is 0.614. The number of hydrogen-bond donors (Lipinski definition) is 1. The van der Waals surface area contributed by atoms with Crippen molar-refractivity contribution < 1.29 is 27.5 Å². The van der Waals surface area contributed by atoms with E-state index in [-0.39, 0.29) is 18.0 Å². The second-order valence-electron chi connectivity index (χ2n) is 8.90. The van der Waals surface area contributed by atoms with Crippen LogP contribution >= 0.6 is 23.4 Å². The van der Waals surface area contributed by atoms with E-state index in [9.17, 15) is 22.8 Å². The number of nitrogens with one attached hydrogen (secondary N) is 1. The number of alkyl halides is 3. The summed E-state index contributed by atoms with van der Waals surface area (Å²) in [6, 6.07) is 26.8. The van der Waals surface area contributed by atoms with Gasteiger partial charge in [0.2, 0.25) is 6.10 Å². The van der Waals surface area contributed by atoms with Crippen LogP contribution in [0.4, 0.5) is 30.2 Å². The maximum absolute atomic E-state index is 13.6.